The van der Waals surface area contributed by atoms with E-state index in [1.165, 1.54) is 6.07 Å². The number of halogens is 2. The lowest BCUT2D eigenvalue weighted by Gasteiger charge is -2.09. The molecule has 1 heterocycles. The van der Waals surface area contributed by atoms with Gasteiger partial charge in [0.15, 0.2) is 0 Å². The van der Waals surface area contributed by atoms with Gasteiger partial charge in [-0.15, -0.1) is 11.6 Å². The summed E-state index contributed by atoms with van der Waals surface area (Å²) < 4.78 is 21.4. The van der Waals surface area contributed by atoms with Crippen molar-refractivity contribution < 1.29 is 9.13 Å². The number of rotatable bonds is 8. The normalized spacial score (nSPS) is 11.4. The second-order valence-corrected chi connectivity index (χ2v) is 5.55. The van der Waals surface area contributed by atoms with Crippen LogP contribution in [0.5, 0.6) is 0 Å². The standard InChI is InChI=1S/C16H22ClFN2O/c1-3-4-8-21-9-7-20-15-10-12(2)13(18)11-14(15)19-16(20)5-6-17/h10-11H,3-9H2,1-2H3. The Hall–Kier alpha value is -1.13. The largest absolute Gasteiger partial charge is 0.380 e. The highest BCUT2D eigenvalue weighted by Gasteiger charge is 2.12. The highest BCUT2D eigenvalue weighted by Crippen LogP contribution is 2.21. The molecule has 1 aromatic heterocycles. The van der Waals surface area contributed by atoms with Crippen molar-refractivity contribution >= 4 is 22.6 Å². The predicted molar refractivity (Wildman–Crippen MR) is 84.6 cm³/mol. The molecular weight excluding hydrogens is 291 g/mol. The summed E-state index contributed by atoms with van der Waals surface area (Å²) in [6.07, 6.45) is 2.87. The van der Waals surface area contributed by atoms with Gasteiger partial charge in [0.2, 0.25) is 0 Å². The Labute approximate surface area is 130 Å². The van der Waals surface area contributed by atoms with Crippen LogP contribution in [0.3, 0.4) is 0 Å². The van der Waals surface area contributed by atoms with E-state index in [0.29, 0.717) is 30.0 Å². The predicted octanol–water partition coefficient (Wildman–Crippen LogP) is 4.08. The zero-order chi connectivity index (χ0) is 15.2. The van der Waals surface area contributed by atoms with Gasteiger partial charge in [-0.2, -0.15) is 0 Å². The number of fused-ring (bicyclic) bond motifs is 1. The van der Waals surface area contributed by atoms with Crippen molar-refractivity contribution in [3.63, 3.8) is 0 Å². The third-order valence-electron chi connectivity index (χ3n) is 3.53. The molecular formula is C16H22ClFN2O. The summed E-state index contributed by atoms with van der Waals surface area (Å²) in [5.41, 5.74) is 2.27. The fourth-order valence-electron chi connectivity index (χ4n) is 2.33. The second-order valence-electron chi connectivity index (χ2n) is 5.17. The summed E-state index contributed by atoms with van der Waals surface area (Å²) in [7, 11) is 0. The van der Waals surface area contributed by atoms with Crippen LogP contribution in [0.15, 0.2) is 12.1 Å². The lowest BCUT2D eigenvalue weighted by atomic mass is 10.2. The van der Waals surface area contributed by atoms with Gasteiger partial charge in [0.25, 0.3) is 0 Å². The summed E-state index contributed by atoms with van der Waals surface area (Å²) in [6.45, 7) is 6.05. The topological polar surface area (TPSA) is 27.1 Å². The van der Waals surface area contributed by atoms with E-state index in [1.54, 1.807) is 6.92 Å². The van der Waals surface area contributed by atoms with E-state index in [-0.39, 0.29) is 5.82 Å². The molecule has 0 saturated carbocycles. The SMILES string of the molecule is CCCCOCCn1c(CCCl)nc2cc(F)c(C)cc21. The molecule has 0 atom stereocenters. The molecule has 0 bridgehead atoms. The quantitative estimate of drug-likeness (QED) is 0.542. The number of aromatic nitrogens is 2. The number of ether oxygens (including phenoxy) is 1. The number of unbranched alkanes of at least 4 members (excludes halogenated alkanes) is 1. The van der Waals surface area contributed by atoms with Crippen LogP contribution in [0.4, 0.5) is 4.39 Å². The smallest absolute Gasteiger partial charge is 0.128 e. The van der Waals surface area contributed by atoms with Gasteiger partial charge in [0.1, 0.15) is 11.6 Å². The first-order valence-electron chi connectivity index (χ1n) is 7.46. The monoisotopic (exact) mass is 312 g/mol. The molecule has 0 amide bonds. The minimum atomic E-state index is -0.219. The maximum Gasteiger partial charge on any atom is 0.128 e. The van der Waals surface area contributed by atoms with Gasteiger partial charge in [0.05, 0.1) is 17.6 Å². The number of nitrogens with zero attached hydrogens (tertiary/aromatic N) is 2. The van der Waals surface area contributed by atoms with Gasteiger partial charge in [-0.1, -0.05) is 13.3 Å². The Kier molecular flexibility index (Phi) is 6.00. The van der Waals surface area contributed by atoms with Crippen molar-refractivity contribution in [3.05, 3.63) is 29.3 Å². The van der Waals surface area contributed by atoms with Crippen molar-refractivity contribution in [2.45, 2.75) is 39.7 Å². The Morgan fingerprint density at radius 1 is 1.33 bits per heavy atom. The molecule has 0 unspecified atom stereocenters. The van der Waals surface area contributed by atoms with Crippen molar-refractivity contribution in [1.29, 1.82) is 0 Å². The number of hydrogen-bond donors (Lipinski definition) is 0. The first-order chi connectivity index (χ1) is 10.2. The van der Waals surface area contributed by atoms with Crippen LogP contribution in [-0.4, -0.2) is 28.6 Å². The maximum absolute atomic E-state index is 13.7. The zero-order valence-corrected chi connectivity index (χ0v) is 13.4. The Morgan fingerprint density at radius 3 is 2.86 bits per heavy atom. The van der Waals surface area contributed by atoms with Crippen LogP contribution in [0.1, 0.15) is 31.2 Å². The Balaban J connectivity index is 2.21. The molecule has 0 aliphatic carbocycles. The van der Waals surface area contributed by atoms with Gasteiger partial charge < -0.3 is 9.30 Å². The lowest BCUT2D eigenvalue weighted by Crippen LogP contribution is -2.10. The Bertz CT molecular complexity index is 597. The third kappa shape index (κ3) is 3.95. The van der Waals surface area contributed by atoms with Crippen LogP contribution in [0, 0.1) is 12.7 Å². The van der Waals surface area contributed by atoms with Gasteiger partial charge in [-0.05, 0) is 25.0 Å². The summed E-state index contributed by atoms with van der Waals surface area (Å²) in [5.74, 6) is 1.18. The minimum Gasteiger partial charge on any atom is -0.380 e. The molecule has 3 nitrogen and oxygen atoms in total. The van der Waals surface area contributed by atoms with Crippen molar-refractivity contribution in [2.24, 2.45) is 0 Å². The molecule has 0 radical (unpaired) electrons. The second kappa shape index (κ2) is 7.76. The number of alkyl halides is 1. The minimum absolute atomic E-state index is 0.219. The van der Waals surface area contributed by atoms with Gasteiger partial charge in [-0.3, -0.25) is 0 Å². The summed E-state index contributed by atoms with van der Waals surface area (Å²) in [5, 5.41) is 0. The average Bonchev–Trinajstić information content (AvgIpc) is 2.77. The third-order valence-corrected chi connectivity index (χ3v) is 3.72. The van der Waals surface area contributed by atoms with E-state index in [1.807, 2.05) is 6.07 Å². The van der Waals surface area contributed by atoms with E-state index in [4.69, 9.17) is 16.3 Å². The van der Waals surface area contributed by atoms with E-state index in [9.17, 15) is 4.39 Å². The average molecular weight is 313 g/mol. The molecule has 2 rings (SSSR count). The number of hydrogen-bond acceptors (Lipinski definition) is 2. The molecule has 21 heavy (non-hydrogen) atoms. The fourth-order valence-corrected chi connectivity index (χ4v) is 2.50. The maximum atomic E-state index is 13.7. The van der Waals surface area contributed by atoms with Gasteiger partial charge in [0, 0.05) is 31.5 Å². The van der Waals surface area contributed by atoms with E-state index in [2.05, 4.69) is 16.5 Å². The van der Waals surface area contributed by atoms with Crippen LogP contribution >= 0.6 is 11.6 Å². The summed E-state index contributed by atoms with van der Waals surface area (Å²) in [4.78, 5) is 4.50. The molecule has 0 fully saturated rings. The van der Waals surface area contributed by atoms with E-state index < -0.39 is 0 Å². The molecule has 5 heteroatoms. The van der Waals surface area contributed by atoms with Gasteiger partial charge in [-0.25, -0.2) is 9.37 Å². The lowest BCUT2D eigenvalue weighted by molar-refractivity contribution is 0.123. The molecule has 0 aliphatic heterocycles. The number of benzene rings is 1. The molecule has 116 valence electrons. The molecule has 0 saturated heterocycles. The van der Waals surface area contributed by atoms with Crippen molar-refractivity contribution in [3.8, 4) is 0 Å². The highest BCUT2D eigenvalue weighted by molar-refractivity contribution is 6.17. The summed E-state index contributed by atoms with van der Waals surface area (Å²) in [6, 6.07) is 3.35. The first-order valence-corrected chi connectivity index (χ1v) is 7.99. The highest BCUT2D eigenvalue weighted by atomic mass is 35.5. The van der Waals surface area contributed by atoms with Crippen molar-refractivity contribution in [2.75, 3.05) is 19.1 Å². The number of imidazole rings is 1. The van der Waals surface area contributed by atoms with Crippen molar-refractivity contribution in [1.82, 2.24) is 9.55 Å². The van der Waals surface area contributed by atoms with Crippen LogP contribution in [-0.2, 0) is 17.7 Å². The zero-order valence-electron chi connectivity index (χ0n) is 12.7. The van der Waals surface area contributed by atoms with E-state index >= 15 is 0 Å². The molecule has 0 spiro atoms. The molecule has 0 aliphatic rings. The van der Waals surface area contributed by atoms with Crippen LogP contribution < -0.4 is 0 Å². The first kappa shape index (κ1) is 16.2. The summed E-state index contributed by atoms with van der Waals surface area (Å²) >= 11 is 5.84. The van der Waals surface area contributed by atoms with E-state index in [0.717, 1.165) is 37.3 Å². The van der Waals surface area contributed by atoms with Gasteiger partial charge >= 0.3 is 0 Å². The molecule has 2 aromatic rings. The fraction of sp³-hybridized carbons (Fsp3) is 0.562. The van der Waals surface area contributed by atoms with Crippen LogP contribution in [0.25, 0.3) is 11.0 Å². The van der Waals surface area contributed by atoms with Crippen LogP contribution in [0.2, 0.25) is 0 Å². The Morgan fingerprint density at radius 2 is 2.14 bits per heavy atom. The number of aryl methyl sites for hydroxylation is 2. The molecule has 1 aromatic carbocycles. The molecule has 0 N–H and O–H groups in total.